The second kappa shape index (κ2) is 6.58. The van der Waals surface area contributed by atoms with E-state index in [2.05, 4.69) is 33.9 Å². The van der Waals surface area contributed by atoms with Gasteiger partial charge in [-0.05, 0) is 48.3 Å². The quantitative estimate of drug-likeness (QED) is 0.332. The number of hydrogen-bond acceptors (Lipinski definition) is 5. The molecule has 2 rings (SSSR count). The normalized spacial score (nSPS) is 17.5. The fourth-order valence-electron chi connectivity index (χ4n) is 2.32. The highest BCUT2D eigenvalue weighted by atomic mass is 28.4. The minimum Gasteiger partial charge on any atom is -0.544 e. The Bertz CT molecular complexity index is 729. The number of carbonyl (C=O) groups is 2. The van der Waals surface area contributed by atoms with Crippen LogP contribution in [0.2, 0.25) is 18.1 Å². The zero-order valence-electron chi connectivity index (χ0n) is 16.9. The molecule has 26 heavy (non-hydrogen) atoms. The third-order valence-corrected chi connectivity index (χ3v) is 9.29. The van der Waals surface area contributed by atoms with Gasteiger partial charge in [-0.15, -0.1) is 0 Å². The van der Waals surface area contributed by atoms with E-state index >= 15 is 0 Å². The molecule has 1 aliphatic heterocycles. The van der Waals surface area contributed by atoms with Crippen molar-refractivity contribution < 1.29 is 23.5 Å². The lowest BCUT2D eigenvalue weighted by molar-refractivity contribution is -0.222. The highest BCUT2D eigenvalue weighted by Gasteiger charge is 2.40. The van der Waals surface area contributed by atoms with E-state index in [9.17, 15) is 9.59 Å². The van der Waals surface area contributed by atoms with Crippen molar-refractivity contribution in [1.82, 2.24) is 0 Å². The van der Waals surface area contributed by atoms with Crippen LogP contribution < -0.4 is 4.43 Å². The summed E-state index contributed by atoms with van der Waals surface area (Å²) >= 11 is 0. The maximum Gasteiger partial charge on any atom is 0.349 e. The number of esters is 2. The Morgan fingerprint density at radius 1 is 1.00 bits per heavy atom. The SMILES string of the molecule is CC(=C1C(=O)OC(C)(C)OC1=O)c1ccc(O[Si](C)(C)C(C)(C)C)cc1. The molecular weight excluding hydrogens is 348 g/mol. The van der Waals surface area contributed by atoms with Crippen LogP contribution in [0.4, 0.5) is 0 Å². The summed E-state index contributed by atoms with van der Waals surface area (Å²) in [5, 5.41) is 0.103. The molecule has 0 aromatic heterocycles. The first-order valence-electron chi connectivity index (χ1n) is 8.70. The summed E-state index contributed by atoms with van der Waals surface area (Å²) in [4.78, 5) is 24.4. The molecule has 1 saturated heterocycles. The van der Waals surface area contributed by atoms with Crippen molar-refractivity contribution in [3.8, 4) is 5.75 Å². The summed E-state index contributed by atoms with van der Waals surface area (Å²) in [6, 6.07) is 7.41. The Morgan fingerprint density at radius 2 is 1.46 bits per heavy atom. The first-order chi connectivity index (χ1) is 11.7. The minimum atomic E-state index is -1.92. The van der Waals surface area contributed by atoms with Gasteiger partial charge in [0.2, 0.25) is 8.32 Å². The average molecular weight is 377 g/mol. The maximum atomic E-state index is 12.2. The number of allylic oxidation sites excluding steroid dienone is 1. The average Bonchev–Trinajstić information content (AvgIpc) is 2.44. The van der Waals surface area contributed by atoms with Crippen LogP contribution in [0.25, 0.3) is 5.57 Å². The van der Waals surface area contributed by atoms with Crippen LogP contribution in [0.15, 0.2) is 29.8 Å². The first-order valence-corrected chi connectivity index (χ1v) is 11.6. The molecule has 6 heteroatoms. The summed E-state index contributed by atoms with van der Waals surface area (Å²) < 4.78 is 16.6. The van der Waals surface area contributed by atoms with Crippen LogP contribution >= 0.6 is 0 Å². The Hall–Kier alpha value is -2.08. The molecule has 1 fully saturated rings. The van der Waals surface area contributed by atoms with E-state index in [0.717, 1.165) is 11.3 Å². The van der Waals surface area contributed by atoms with Gasteiger partial charge in [0.15, 0.2) is 0 Å². The summed E-state index contributed by atoms with van der Waals surface area (Å²) in [5.41, 5.74) is 1.20. The molecule has 0 unspecified atom stereocenters. The predicted octanol–water partition coefficient (Wildman–Crippen LogP) is 4.68. The number of ether oxygens (including phenoxy) is 2. The molecule has 5 nitrogen and oxygen atoms in total. The molecule has 1 aromatic rings. The minimum absolute atomic E-state index is 0.0672. The molecule has 0 amide bonds. The Balaban J connectivity index is 2.28. The van der Waals surface area contributed by atoms with Gasteiger partial charge >= 0.3 is 11.9 Å². The molecule has 1 heterocycles. The van der Waals surface area contributed by atoms with Crippen molar-refractivity contribution in [3.05, 3.63) is 35.4 Å². The molecule has 1 aliphatic rings. The van der Waals surface area contributed by atoms with Gasteiger partial charge in [0, 0.05) is 13.8 Å². The summed E-state index contributed by atoms with van der Waals surface area (Å²) in [7, 11) is -1.92. The first kappa shape index (κ1) is 20.2. The van der Waals surface area contributed by atoms with Gasteiger partial charge in [0.25, 0.3) is 5.79 Å². The highest BCUT2D eigenvalue weighted by Crippen LogP contribution is 2.37. The van der Waals surface area contributed by atoms with E-state index in [0.29, 0.717) is 5.57 Å². The number of rotatable bonds is 3. The number of hydrogen-bond donors (Lipinski definition) is 0. The van der Waals surface area contributed by atoms with Gasteiger partial charge in [-0.1, -0.05) is 32.9 Å². The Labute approximate surface area is 156 Å². The molecule has 0 bridgehead atoms. The third-order valence-electron chi connectivity index (χ3n) is 4.93. The van der Waals surface area contributed by atoms with Gasteiger partial charge < -0.3 is 13.9 Å². The third kappa shape index (κ3) is 4.18. The molecule has 0 atom stereocenters. The number of benzene rings is 1. The monoisotopic (exact) mass is 376 g/mol. The molecular formula is C20H28O5Si. The second-order valence-corrected chi connectivity index (χ2v) is 13.3. The standard InChI is InChI=1S/C20H28O5Si/c1-13(16-17(21)23-20(5,6)24-18(16)22)14-9-11-15(12-10-14)25-26(7,8)19(2,3)4/h9-12H,1-8H3. The zero-order valence-corrected chi connectivity index (χ0v) is 17.9. The smallest absolute Gasteiger partial charge is 0.349 e. The molecule has 0 radical (unpaired) electrons. The summed E-state index contributed by atoms with van der Waals surface area (Å²) in [6.07, 6.45) is 0. The molecule has 0 aliphatic carbocycles. The van der Waals surface area contributed by atoms with Crippen LogP contribution in [0, 0.1) is 0 Å². The van der Waals surface area contributed by atoms with Gasteiger partial charge in [-0.2, -0.15) is 0 Å². The van der Waals surface area contributed by atoms with Crippen molar-refractivity contribution in [1.29, 1.82) is 0 Å². The van der Waals surface area contributed by atoms with Gasteiger partial charge in [0.05, 0.1) is 0 Å². The zero-order chi connectivity index (χ0) is 19.9. The lowest BCUT2D eigenvalue weighted by atomic mass is 10.0. The van der Waals surface area contributed by atoms with E-state index in [1.165, 1.54) is 13.8 Å². The van der Waals surface area contributed by atoms with Crippen molar-refractivity contribution >= 4 is 25.8 Å². The molecule has 0 spiro atoms. The van der Waals surface area contributed by atoms with Crippen LogP contribution in [-0.2, 0) is 19.1 Å². The van der Waals surface area contributed by atoms with Crippen LogP contribution in [0.3, 0.4) is 0 Å². The summed E-state index contributed by atoms with van der Waals surface area (Å²) in [5.74, 6) is -1.78. The molecule has 0 N–H and O–H groups in total. The van der Waals surface area contributed by atoms with E-state index in [4.69, 9.17) is 13.9 Å². The molecule has 142 valence electrons. The topological polar surface area (TPSA) is 61.8 Å². The van der Waals surface area contributed by atoms with Gasteiger partial charge in [0.1, 0.15) is 11.3 Å². The van der Waals surface area contributed by atoms with Crippen molar-refractivity contribution in [2.24, 2.45) is 0 Å². The van der Waals surface area contributed by atoms with E-state index < -0.39 is 26.0 Å². The fourth-order valence-corrected chi connectivity index (χ4v) is 3.36. The highest BCUT2D eigenvalue weighted by molar-refractivity contribution is 6.74. The number of carbonyl (C=O) groups excluding carboxylic acids is 2. The fraction of sp³-hybridized carbons (Fsp3) is 0.500. The van der Waals surface area contributed by atoms with Crippen molar-refractivity contribution in [3.63, 3.8) is 0 Å². The molecule has 0 saturated carbocycles. The maximum absolute atomic E-state index is 12.2. The van der Waals surface area contributed by atoms with E-state index in [1.54, 1.807) is 6.92 Å². The lowest BCUT2D eigenvalue weighted by Crippen LogP contribution is -2.43. The second-order valence-electron chi connectivity index (χ2n) is 8.57. The Kier molecular flexibility index (Phi) is 5.12. The van der Waals surface area contributed by atoms with E-state index in [-0.39, 0.29) is 10.6 Å². The largest absolute Gasteiger partial charge is 0.544 e. The summed E-state index contributed by atoms with van der Waals surface area (Å²) in [6.45, 7) is 15.7. The van der Waals surface area contributed by atoms with Crippen LogP contribution in [0.5, 0.6) is 5.75 Å². The van der Waals surface area contributed by atoms with E-state index in [1.807, 2.05) is 24.3 Å². The lowest BCUT2D eigenvalue weighted by Gasteiger charge is -2.36. The van der Waals surface area contributed by atoms with Gasteiger partial charge in [-0.25, -0.2) is 9.59 Å². The predicted molar refractivity (Wildman–Crippen MR) is 103 cm³/mol. The Morgan fingerprint density at radius 3 is 1.88 bits per heavy atom. The molecule has 1 aromatic carbocycles. The van der Waals surface area contributed by atoms with Crippen LogP contribution in [0.1, 0.15) is 47.1 Å². The van der Waals surface area contributed by atoms with Crippen LogP contribution in [-0.4, -0.2) is 26.0 Å². The van der Waals surface area contributed by atoms with Crippen molar-refractivity contribution in [2.75, 3.05) is 0 Å². The van der Waals surface area contributed by atoms with Crippen molar-refractivity contribution in [2.45, 2.75) is 65.5 Å². The van der Waals surface area contributed by atoms with Gasteiger partial charge in [-0.3, -0.25) is 0 Å². The number of cyclic esters (lactones) is 2.